The molecule has 0 aliphatic carbocycles. The summed E-state index contributed by atoms with van der Waals surface area (Å²) in [4.78, 5) is 14.5. The zero-order valence-electron chi connectivity index (χ0n) is 14.4. The van der Waals surface area contributed by atoms with E-state index < -0.39 is 0 Å². The molecule has 131 valence electrons. The van der Waals surface area contributed by atoms with Crippen LogP contribution in [-0.2, 0) is 24.9 Å². The number of fused-ring (bicyclic) bond motifs is 1. The van der Waals surface area contributed by atoms with Crippen LogP contribution in [0, 0.1) is 13.0 Å². The molecule has 1 heterocycles. The molecule has 3 rings (SSSR count). The minimum Gasteiger partial charge on any atom is -0.512 e. The number of carbonyl (C=O) groups is 1. The second-order valence-corrected chi connectivity index (χ2v) is 5.56. The van der Waals surface area contributed by atoms with Crippen molar-refractivity contribution in [3.8, 4) is 11.1 Å². The summed E-state index contributed by atoms with van der Waals surface area (Å²) < 4.78 is 0. The summed E-state index contributed by atoms with van der Waals surface area (Å²) in [5.41, 5.74) is 4.50. The van der Waals surface area contributed by atoms with Crippen molar-refractivity contribution in [2.24, 2.45) is 0 Å². The van der Waals surface area contributed by atoms with Crippen LogP contribution in [0.3, 0.4) is 0 Å². The summed E-state index contributed by atoms with van der Waals surface area (Å²) >= 11 is 0. The minimum absolute atomic E-state index is 0. The Morgan fingerprint density at radius 2 is 1.84 bits per heavy atom. The number of nitrogens with zero attached hydrogens (tertiary/aromatic N) is 1. The van der Waals surface area contributed by atoms with Gasteiger partial charge in [0.05, 0.1) is 5.76 Å². The van der Waals surface area contributed by atoms with Crippen molar-refractivity contribution in [2.45, 2.75) is 20.8 Å². The van der Waals surface area contributed by atoms with Gasteiger partial charge in [0, 0.05) is 37.9 Å². The molecule has 1 N–H and O–H groups in total. The number of rotatable bonds is 2. The Morgan fingerprint density at radius 1 is 1.12 bits per heavy atom. The van der Waals surface area contributed by atoms with E-state index in [1.165, 1.54) is 30.9 Å². The van der Waals surface area contributed by atoms with Crippen molar-refractivity contribution in [1.29, 1.82) is 0 Å². The van der Waals surface area contributed by atoms with E-state index in [0.29, 0.717) is 0 Å². The molecular formula is C21H20IrNO2-. The van der Waals surface area contributed by atoms with Crippen molar-refractivity contribution in [2.75, 3.05) is 0 Å². The first-order valence-corrected chi connectivity index (χ1v) is 7.67. The molecule has 1 aromatic heterocycles. The van der Waals surface area contributed by atoms with E-state index in [9.17, 15) is 4.79 Å². The number of aliphatic hydroxyl groups excluding tert-OH is 1. The summed E-state index contributed by atoms with van der Waals surface area (Å²) in [6.07, 6.45) is 3.00. The summed E-state index contributed by atoms with van der Waals surface area (Å²) in [5, 5.41) is 9.53. The van der Waals surface area contributed by atoms with E-state index in [2.05, 4.69) is 54.4 Å². The van der Waals surface area contributed by atoms with Crippen LogP contribution in [0.2, 0.25) is 0 Å². The van der Waals surface area contributed by atoms with Gasteiger partial charge >= 0.3 is 0 Å². The Kier molecular flexibility index (Phi) is 8.20. The molecule has 0 unspecified atom stereocenters. The predicted octanol–water partition coefficient (Wildman–Crippen LogP) is 5.05. The number of hydrogen-bond donors (Lipinski definition) is 1. The molecule has 0 amide bonds. The van der Waals surface area contributed by atoms with Crippen molar-refractivity contribution in [3.63, 3.8) is 0 Å². The van der Waals surface area contributed by atoms with Crippen LogP contribution in [0.25, 0.3) is 22.0 Å². The SMILES string of the molecule is CC(=O)/C=C(/C)O.Cc1c[c-]c(-c2cccc3cccnc23)cc1.[Ir]. The summed E-state index contributed by atoms with van der Waals surface area (Å²) in [7, 11) is 0. The van der Waals surface area contributed by atoms with Crippen molar-refractivity contribution >= 4 is 16.7 Å². The number of hydrogen-bond acceptors (Lipinski definition) is 3. The number of aromatic nitrogens is 1. The third-order valence-electron chi connectivity index (χ3n) is 3.30. The van der Waals surface area contributed by atoms with Crippen LogP contribution in [-0.4, -0.2) is 15.9 Å². The fourth-order valence-corrected chi connectivity index (χ4v) is 2.29. The summed E-state index contributed by atoms with van der Waals surface area (Å²) in [6.45, 7) is 4.92. The number of para-hydroxylation sites is 1. The van der Waals surface area contributed by atoms with Gasteiger partial charge in [-0.3, -0.25) is 9.78 Å². The summed E-state index contributed by atoms with van der Waals surface area (Å²) in [6, 6.07) is 19.8. The van der Waals surface area contributed by atoms with Gasteiger partial charge in [-0.1, -0.05) is 36.8 Å². The molecule has 0 saturated carbocycles. The van der Waals surface area contributed by atoms with Crippen molar-refractivity contribution < 1.29 is 30.0 Å². The van der Waals surface area contributed by atoms with E-state index >= 15 is 0 Å². The number of carbonyl (C=O) groups excluding carboxylic acids is 1. The van der Waals surface area contributed by atoms with Crippen LogP contribution in [0.1, 0.15) is 19.4 Å². The quantitative estimate of drug-likeness (QED) is 0.298. The largest absolute Gasteiger partial charge is 0.512 e. The van der Waals surface area contributed by atoms with Crippen molar-refractivity contribution in [1.82, 2.24) is 4.98 Å². The minimum atomic E-state index is -0.125. The van der Waals surface area contributed by atoms with E-state index in [4.69, 9.17) is 5.11 Å². The van der Waals surface area contributed by atoms with Gasteiger partial charge in [0.2, 0.25) is 0 Å². The molecule has 3 nitrogen and oxygen atoms in total. The standard InChI is InChI=1S/C16H12N.C5H8O2.Ir/c1-12-7-9-13(10-8-12)15-6-2-4-14-5-3-11-17-16(14)15;1-4(6)3-5(2)7;/h2-9,11H,1H3;3,6H,1-2H3;/q-1;;/b;4-3-;. The first kappa shape index (κ1) is 20.8. The van der Waals surface area contributed by atoms with E-state index in [1.54, 1.807) is 0 Å². The Balaban J connectivity index is 0.000000339. The molecule has 4 heteroatoms. The molecule has 0 saturated heterocycles. The number of allylic oxidation sites excluding steroid dienone is 2. The fourth-order valence-electron chi connectivity index (χ4n) is 2.29. The number of benzene rings is 2. The molecule has 3 aromatic rings. The number of ketones is 1. The molecule has 0 bridgehead atoms. The maximum absolute atomic E-state index is 10.0. The Bertz CT molecular complexity index is 861. The number of pyridine rings is 1. The Labute approximate surface area is 161 Å². The van der Waals surface area contributed by atoms with Gasteiger partial charge in [0.15, 0.2) is 5.78 Å². The monoisotopic (exact) mass is 511 g/mol. The second kappa shape index (κ2) is 9.87. The number of aryl methyl sites for hydroxylation is 1. The summed E-state index contributed by atoms with van der Waals surface area (Å²) in [5.74, 6) is -0.0625. The van der Waals surface area contributed by atoms with Gasteiger partial charge < -0.3 is 5.11 Å². The van der Waals surface area contributed by atoms with Gasteiger partial charge in [0.25, 0.3) is 0 Å². The fraction of sp³-hybridized carbons (Fsp3) is 0.143. The van der Waals surface area contributed by atoms with Gasteiger partial charge in [-0.05, 0) is 25.3 Å². The first-order valence-electron chi connectivity index (χ1n) is 7.67. The van der Waals surface area contributed by atoms with Gasteiger partial charge in [0.1, 0.15) is 0 Å². The van der Waals surface area contributed by atoms with Crippen LogP contribution < -0.4 is 0 Å². The number of aliphatic hydroxyl groups is 1. The molecule has 0 spiro atoms. The van der Waals surface area contributed by atoms with E-state index in [-0.39, 0.29) is 31.6 Å². The van der Waals surface area contributed by atoms with E-state index in [1.807, 2.05) is 18.3 Å². The molecular weight excluding hydrogens is 490 g/mol. The molecule has 1 radical (unpaired) electrons. The normalized spacial score (nSPS) is 10.4. The predicted molar refractivity (Wildman–Crippen MR) is 97.8 cm³/mol. The molecule has 0 fully saturated rings. The van der Waals surface area contributed by atoms with Crippen LogP contribution in [0.4, 0.5) is 0 Å². The zero-order chi connectivity index (χ0) is 17.5. The average molecular weight is 511 g/mol. The first-order chi connectivity index (χ1) is 11.5. The third kappa shape index (κ3) is 6.26. The second-order valence-electron chi connectivity index (χ2n) is 5.56. The van der Waals surface area contributed by atoms with Gasteiger partial charge in [-0.2, -0.15) is 0 Å². The third-order valence-corrected chi connectivity index (χ3v) is 3.30. The zero-order valence-corrected chi connectivity index (χ0v) is 16.8. The topological polar surface area (TPSA) is 50.2 Å². The maximum Gasteiger partial charge on any atom is 0.155 e. The maximum atomic E-state index is 10.0. The van der Waals surface area contributed by atoms with Crippen molar-refractivity contribution in [3.05, 3.63) is 78.2 Å². The smallest absolute Gasteiger partial charge is 0.155 e. The molecule has 2 aromatic carbocycles. The van der Waals surface area contributed by atoms with Gasteiger partial charge in [-0.15, -0.1) is 35.4 Å². The average Bonchev–Trinajstić information content (AvgIpc) is 2.54. The Morgan fingerprint density at radius 3 is 2.40 bits per heavy atom. The molecule has 0 aliphatic rings. The van der Waals surface area contributed by atoms with Crippen LogP contribution >= 0.6 is 0 Å². The molecule has 25 heavy (non-hydrogen) atoms. The van der Waals surface area contributed by atoms with Crippen LogP contribution in [0.5, 0.6) is 0 Å². The van der Waals surface area contributed by atoms with Crippen LogP contribution in [0.15, 0.2) is 66.6 Å². The van der Waals surface area contributed by atoms with E-state index in [0.717, 1.165) is 16.6 Å². The van der Waals surface area contributed by atoms with Gasteiger partial charge in [-0.25, -0.2) is 0 Å². The Hall–Kier alpha value is -2.29. The molecule has 0 aliphatic heterocycles. The molecule has 0 atom stereocenters.